The zero-order valence-corrected chi connectivity index (χ0v) is 8.49. The molecule has 0 amide bonds. The molecule has 0 aliphatic carbocycles. The molecule has 0 saturated carbocycles. The largest absolute Gasteiger partial charge is 0.398 e. The van der Waals surface area contributed by atoms with E-state index in [1.807, 2.05) is 4.90 Å². The average molecular weight is 210 g/mol. The van der Waals surface area contributed by atoms with Gasteiger partial charge in [-0.25, -0.2) is 4.39 Å². The van der Waals surface area contributed by atoms with Gasteiger partial charge in [-0.15, -0.1) is 0 Å². The molecule has 82 valence electrons. The minimum Gasteiger partial charge on any atom is -0.398 e. The van der Waals surface area contributed by atoms with Crippen LogP contribution in [0.1, 0.15) is 24.6 Å². The maximum Gasteiger partial charge on any atom is 0.138 e. The van der Waals surface area contributed by atoms with Gasteiger partial charge in [0, 0.05) is 18.8 Å². The molecule has 1 atom stereocenters. The molecule has 2 rings (SSSR count). The number of hydrogen-bond acceptors (Lipinski definition) is 3. The Morgan fingerprint density at radius 3 is 2.60 bits per heavy atom. The van der Waals surface area contributed by atoms with Crippen molar-refractivity contribution < 1.29 is 9.50 Å². The van der Waals surface area contributed by atoms with Gasteiger partial charge < -0.3 is 10.8 Å². The summed E-state index contributed by atoms with van der Waals surface area (Å²) in [5.74, 6) is -0.436. The lowest BCUT2D eigenvalue weighted by atomic mass is 10.1. The highest BCUT2D eigenvalue weighted by molar-refractivity contribution is 5.48. The van der Waals surface area contributed by atoms with Crippen molar-refractivity contribution in [3.05, 3.63) is 29.6 Å². The Morgan fingerprint density at radius 2 is 2.00 bits per heavy atom. The molecule has 1 aromatic carbocycles. The quantitative estimate of drug-likeness (QED) is 0.727. The van der Waals surface area contributed by atoms with Crippen molar-refractivity contribution in [3.8, 4) is 0 Å². The van der Waals surface area contributed by atoms with Crippen LogP contribution in [-0.4, -0.2) is 23.1 Å². The van der Waals surface area contributed by atoms with Crippen LogP contribution < -0.4 is 5.73 Å². The topological polar surface area (TPSA) is 49.5 Å². The Kier molecular flexibility index (Phi) is 2.88. The summed E-state index contributed by atoms with van der Waals surface area (Å²) in [6, 6.07) is 4.48. The summed E-state index contributed by atoms with van der Waals surface area (Å²) in [6.07, 6.45) is 1.19. The van der Waals surface area contributed by atoms with Gasteiger partial charge in [0.1, 0.15) is 12.0 Å². The Morgan fingerprint density at radius 1 is 1.33 bits per heavy atom. The summed E-state index contributed by atoms with van der Waals surface area (Å²) in [5, 5.41) is 9.99. The van der Waals surface area contributed by atoms with Crippen LogP contribution in [0, 0.1) is 5.82 Å². The zero-order chi connectivity index (χ0) is 10.8. The van der Waals surface area contributed by atoms with E-state index >= 15 is 0 Å². The molecule has 1 aliphatic heterocycles. The third-order valence-corrected chi connectivity index (χ3v) is 2.83. The fourth-order valence-electron chi connectivity index (χ4n) is 1.99. The van der Waals surface area contributed by atoms with Crippen LogP contribution in [-0.2, 0) is 0 Å². The van der Waals surface area contributed by atoms with Crippen LogP contribution in [0.2, 0.25) is 0 Å². The van der Waals surface area contributed by atoms with Crippen molar-refractivity contribution in [2.24, 2.45) is 0 Å². The second-order valence-corrected chi connectivity index (χ2v) is 3.86. The van der Waals surface area contributed by atoms with Crippen LogP contribution in [0.5, 0.6) is 0 Å². The maximum atomic E-state index is 13.5. The van der Waals surface area contributed by atoms with Crippen molar-refractivity contribution in [1.82, 2.24) is 4.90 Å². The summed E-state index contributed by atoms with van der Waals surface area (Å²) in [6.45, 7) is 1.60. The number of aliphatic hydroxyl groups excluding tert-OH is 1. The van der Waals surface area contributed by atoms with Crippen LogP contribution in [0.3, 0.4) is 0 Å². The third kappa shape index (κ3) is 1.96. The first kappa shape index (κ1) is 10.4. The predicted octanol–water partition coefficient (Wildman–Crippen LogP) is 1.49. The van der Waals surface area contributed by atoms with E-state index in [1.54, 1.807) is 12.1 Å². The number of aliphatic hydroxyl groups is 1. The Balaban J connectivity index is 2.27. The Labute approximate surface area is 88.3 Å². The van der Waals surface area contributed by atoms with E-state index in [0.717, 1.165) is 25.9 Å². The monoisotopic (exact) mass is 210 g/mol. The molecule has 1 aromatic rings. The number of nitrogen functional groups attached to an aromatic ring is 1. The van der Waals surface area contributed by atoms with Gasteiger partial charge in [0.2, 0.25) is 0 Å². The summed E-state index contributed by atoms with van der Waals surface area (Å²) < 4.78 is 13.5. The smallest absolute Gasteiger partial charge is 0.138 e. The van der Waals surface area contributed by atoms with Gasteiger partial charge in [0.05, 0.1) is 5.56 Å². The third-order valence-electron chi connectivity index (χ3n) is 2.83. The molecular weight excluding hydrogens is 195 g/mol. The lowest BCUT2D eigenvalue weighted by molar-refractivity contribution is 0.0169. The molecule has 0 aromatic heterocycles. The molecule has 15 heavy (non-hydrogen) atoms. The molecule has 1 heterocycles. The highest BCUT2D eigenvalue weighted by Crippen LogP contribution is 2.28. The molecular formula is C11H15FN2O. The fourth-order valence-corrected chi connectivity index (χ4v) is 1.99. The van der Waals surface area contributed by atoms with Gasteiger partial charge in [-0.3, -0.25) is 4.90 Å². The Bertz CT molecular complexity index is 330. The molecule has 0 bridgehead atoms. The number of halogens is 1. The van der Waals surface area contributed by atoms with Crippen LogP contribution in [0.15, 0.2) is 18.2 Å². The number of nitrogens with two attached hydrogens (primary N) is 1. The predicted molar refractivity (Wildman–Crippen MR) is 56.6 cm³/mol. The van der Waals surface area contributed by atoms with Gasteiger partial charge >= 0.3 is 0 Å². The van der Waals surface area contributed by atoms with E-state index in [-0.39, 0.29) is 5.56 Å². The minimum absolute atomic E-state index is 0.208. The van der Waals surface area contributed by atoms with Crippen molar-refractivity contribution in [2.45, 2.75) is 19.1 Å². The van der Waals surface area contributed by atoms with Crippen molar-refractivity contribution >= 4 is 5.69 Å². The zero-order valence-electron chi connectivity index (χ0n) is 8.49. The summed E-state index contributed by atoms with van der Waals surface area (Å²) >= 11 is 0. The number of likely N-dealkylation sites (tertiary alicyclic amines) is 1. The summed E-state index contributed by atoms with van der Waals surface area (Å²) in [5.41, 5.74) is 6.19. The van der Waals surface area contributed by atoms with Crippen LogP contribution in [0.4, 0.5) is 10.1 Å². The first-order valence-electron chi connectivity index (χ1n) is 5.16. The molecule has 3 nitrogen and oxygen atoms in total. The van der Waals surface area contributed by atoms with Crippen LogP contribution in [0.25, 0.3) is 0 Å². The normalized spacial score (nSPS) is 19.3. The van der Waals surface area contributed by atoms with Gasteiger partial charge in [-0.2, -0.15) is 0 Å². The van der Waals surface area contributed by atoms with E-state index in [4.69, 9.17) is 5.73 Å². The first-order chi connectivity index (χ1) is 7.20. The maximum absolute atomic E-state index is 13.5. The van der Waals surface area contributed by atoms with Gasteiger partial charge in [0.25, 0.3) is 0 Å². The number of hydrogen-bond donors (Lipinski definition) is 2. The van der Waals surface area contributed by atoms with Gasteiger partial charge in [-0.1, -0.05) is 6.07 Å². The van der Waals surface area contributed by atoms with Gasteiger partial charge in [-0.05, 0) is 25.0 Å². The average Bonchev–Trinajstić information content (AvgIpc) is 2.69. The SMILES string of the molecule is Nc1cccc(F)c1[C@H](O)N1CCCC1. The first-order valence-corrected chi connectivity index (χ1v) is 5.16. The molecule has 1 fully saturated rings. The Hall–Kier alpha value is -1.13. The molecule has 1 saturated heterocycles. The van der Waals surface area contributed by atoms with Crippen LogP contribution >= 0.6 is 0 Å². The minimum atomic E-state index is -0.909. The number of nitrogens with zero attached hydrogens (tertiary/aromatic N) is 1. The van der Waals surface area contributed by atoms with E-state index in [2.05, 4.69) is 0 Å². The number of anilines is 1. The highest BCUT2D eigenvalue weighted by Gasteiger charge is 2.24. The van der Waals surface area contributed by atoms with Crippen molar-refractivity contribution in [2.75, 3.05) is 18.8 Å². The second-order valence-electron chi connectivity index (χ2n) is 3.86. The van der Waals surface area contributed by atoms with E-state index in [1.165, 1.54) is 6.07 Å². The summed E-state index contributed by atoms with van der Waals surface area (Å²) in [4.78, 5) is 1.84. The molecule has 4 heteroatoms. The highest BCUT2D eigenvalue weighted by atomic mass is 19.1. The molecule has 0 unspecified atom stereocenters. The van der Waals surface area contributed by atoms with Crippen molar-refractivity contribution in [1.29, 1.82) is 0 Å². The standard InChI is InChI=1S/C11H15FN2O/c12-8-4-3-5-9(13)10(8)11(15)14-6-1-2-7-14/h3-5,11,15H,1-2,6-7,13H2/t11-/m0/s1. The molecule has 0 radical (unpaired) electrons. The lowest BCUT2D eigenvalue weighted by Crippen LogP contribution is -2.26. The molecule has 0 spiro atoms. The summed E-state index contributed by atoms with van der Waals surface area (Å²) in [7, 11) is 0. The van der Waals surface area contributed by atoms with E-state index in [0.29, 0.717) is 5.69 Å². The molecule has 3 N–H and O–H groups in total. The fraction of sp³-hybridized carbons (Fsp3) is 0.455. The van der Waals surface area contributed by atoms with Crippen molar-refractivity contribution in [3.63, 3.8) is 0 Å². The molecule has 1 aliphatic rings. The van der Waals surface area contributed by atoms with Gasteiger partial charge in [0.15, 0.2) is 0 Å². The van der Waals surface area contributed by atoms with E-state index < -0.39 is 12.0 Å². The van der Waals surface area contributed by atoms with E-state index in [9.17, 15) is 9.50 Å². The number of rotatable bonds is 2. The second kappa shape index (κ2) is 4.16. The lowest BCUT2D eigenvalue weighted by Gasteiger charge is -2.24. The number of benzene rings is 1.